The van der Waals surface area contributed by atoms with Crippen LogP contribution in [0.4, 0.5) is 0 Å². The summed E-state index contributed by atoms with van der Waals surface area (Å²) in [7, 11) is 0. The number of nitrogens with two attached hydrogens (primary N) is 1. The molecule has 1 heterocycles. The topological polar surface area (TPSA) is 38.9 Å². The first-order valence-corrected chi connectivity index (χ1v) is 7.23. The van der Waals surface area contributed by atoms with E-state index < -0.39 is 0 Å². The Morgan fingerprint density at radius 1 is 1.47 bits per heavy atom. The van der Waals surface area contributed by atoms with Crippen molar-refractivity contribution in [2.45, 2.75) is 57.9 Å². The predicted octanol–water partition coefficient (Wildman–Crippen LogP) is 3.42. The van der Waals surface area contributed by atoms with Gasteiger partial charge in [0.05, 0.1) is 10.7 Å². The molecule has 2 rings (SSSR count). The Kier molecular flexibility index (Phi) is 3.69. The predicted molar refractivity (Wildman–Crippen MR) is 74.4 cm³/mol. The summed E-state index contributed by atoms with van der Waals surface area (Å²) in [5.74, 6) is 0. The minimum absolute atomic E-state index is 0.159. The molecule has 1 aliphatic rings. The van der Waals surface area contributed by atoms with Crippen molar-refractivity contribution in [3.8, 4) is 0 Å². The van der Waals surface area contributed by atoms with Crippen LogP contribution in [-0.4, -0.2) is 11.0 Å². The molecule has 1 atom stereocenters. The molecule has 0 bridgehead atoms. The molecule has 2 N–H and O–H groups in total. The Morgan fingerprint density at radius 3 is 2.82 bits per heavy atom. The van der Waals surface area contributed by atoms with Gasteiger partial charge in [-0.25, -0.2) is 4.98 Å². The van der Waals surface area contributed by atoms with Gasteiger partial charge in [0.2, 0.25) is 0 Å². The molecule has 0 saturated heterocycles. The molecule has 94 valence electrons. The number of allylic oxidation sites excluding steroid dienone is 1. The lowest BCUT2D eigenvalue weighted by Gasteiger charge is -2.17. The van der Waals surface area contributed by atoms with Crippen molar-refractivity contribution in [2.75, 3.05) is 0 Å². The van der Waals surface area contributed by atoms with Gasteiger partial charge in [-0.3, -0.25) is 0 Å². The highest BCUT2D eigenvalue weighted by molar-refractivity contribution is 7.09. The van der Waals surface area contributed by atoms with Crippen LogP contribution >= 0.6 is 11.3 Å². The van der Waals surface area contributed by atoms with Crippen LogP contribution in [0, 0.1) is 0 Å². The van der Waals surface area contributed by atoms with Crippen LogP contribution in [0.3, 0.4) is 0 Å². The number of thiazole rings is 1. The number of hydrogen-bond acceptors (Lipinski definition) is 3. The van der Waals surface area contributed by atoms with E-state index in [9.17, 15) is 0 Å². The maximum absolute atomic E-state index is 5.96. The van der Waals surface area contributed by atoms with Crippen LogP contribution in [0.5, 0.6) is 0 Å². The summed E-state index contributed by atoms with van der Waals surface area (Å²) < 4.78 is 0. The molecular formula is C14H22N2S. The number of hydrogen-bond donors (Lipinski definition) is 1. The summed E-state index contributed by atoms with van der Waals surface area (Å²) in [6.07, 6.45) is 6.79. The molecule has 0 aliphatic heterocycles. The summed E-state index contributed by atoms with van der Waals surface area (Å²) in [6, 6.07) is 0.265. The van der Waals surface area contributed by atoms with Crippen LogP contribution in [0.1, 0.15) is 50.7 Å². The molecule has 2 nitrogen and oxygen atoms in total. The van der Waals surface area contributed by atoms with Crippen LogP contribution in [-0.2, 0) is 11.8 Å². The van der Waals surface area contributed by atoms with Gasteiger partial charge in [0.15, 0.2) is 0 Å². The van der Waals surface area contributed by atoms with Gasteiger partial charge >= 0.3 is 0 Å². The first kappa shape index (κ1) is 12.8. The molecular weight excluding hydrogens is 228 g/mol. The van der Waals surface area contributed by atoms with Gasteiger partial charge in [0.1, 0.15) is 0 Å². The molecule has 1 aliphatic carbocycles. The molecule has 17 heavy (non-hydrogen) atoms. The second-order valence-corrected chi connectivity index (χ2v) is 6.88. The van der Waals surface area contributed by atoms with Gasteiger partial charge in [-0.1, -0.05) is 32.4 Å². The fourth-order valence-corrected chi connectivity index (χ4v) is 3.19. The molecule has 0 saturated carbocycles. The number of rotatable bonds is 2. The van der Waals surface area contributed by atoms with Crippen LogP contribution in [0.25, 0.3) is 0 Å². The largest absolute Gasteiger partial charge is 0.324 e. The lowest BCUT2D eigenvalue weighted by atomic mass is 9.93. The first-order valence-electron chi connectivity index (χ1n) is 6.35. The summed E-state index contributed by atoms with van der Waals surface area (Å²) in [5.41, 5.74) is 8.80. The average Bonchev–Trinajstić information content (AvgIpc) is 2.65. The third kappa shape index (κ3) is 3.39. The SMILES string of the molecule is CC(C)(C)c1csc(CC2=CC(N)CCC2)n1. The van der Waals surface area contributed by atoms with Gasteiger partial charge < -0.3 is 5.73 Å². The fraction of sp³-hybridized carbons (Fsp3) is 0.643. The zero-order valence-electron chi connectivity index (χ0n) is 11.0. The second-order valence-electron chi connectivity index (χ2n) is 5.93. The van der Waals surface area contributed by atoms with Crippen LogP contribution in [0.15, 0.2) is 17.0 Å². The third-order valence-electron chi connectivity index (χ3n) is 3.18. The molecule has 0 amide bonds. The zero-order chi connectivity index (χ0) is 12.5. The highest BCUT2D eigenvalue weighted by Crippen LogP contribution is 2.27. The highest BCUT2D eigenvalue weighted by Gasteiger charge is 2.18. The Bertz CT molecular complexity index is 412. The maximum Gasteiger partial charge on any atom is 0.0969 e. The van der Waals surface area contributed by atoms with Crippen LogP contribution < -0.4 is 5.73 Å². The second kappa shape index (κ2) is 4.91. The van der Waals surface area contributed by atoms with Gasteiger partial charge in [-0.2, -0.15) is 0 Å². The molecule has 1 aromatic rings. The van der Waals surface area contributed by atoms with Gasteiger partial charge in [-0.15, -0.1) is 11.3 Å². The minimum Gasteiger partial charge on any atom is -0.324 e. The summed E-state index contributed by atoms with van der Waals surface area (Å²) in [5, 5.41) is 3.42. The smallest absolute Gasteiger partial charge is 0.0969 e. The first-order chi connectivity index (χ1) is 7.95. The van der Waals surface area contributed by atoms with Crippen molar-refractivity contribution in [2.24, 2.45) is 5.73 Å². The van der Waals surface area contributed by atoms with Crippen molar-refractivity contribution < 1.29 is 0 Å². The van der Waals surface area contributed by atoms with E-state index in [-0.39, 0.29) is 11.5 Å². The monoisotopic (exact) mass is 250 g/mol. The fourth-order valence-electron chi connectivity index (χ4n) is 2.11. The molecule has 3 heteroatoms. The summed E-state index contributed by atoms with van der Waals surface area (Å²) in [6.45, 7) is 6.63. The Balaban J connectivity index is 2.07. The van der Waals surface area contributed by atoms with Crippen LogP contribution in [0.2, 0.25) is 0 Å². The zero-order valence-corrected chi connectivity index (χ0v) is 11.8. The van der Waals surface area contributed by atoms with Crippen molar-refractivity contribution in [1.29, 1.82) is 0 Å². The Morgan fingerprint density at radius 2 is 2.24 bits per heavy atom. The molecule has 1 aromatic heterocycles. The minimum atomic E-state index is 0.159. The molecule has 0 spiro atoms. The van der Waals surface area contributed by atoms with E-state index in [1.54, 1.807) is 11.3 Å². The summed E-state index contributed by atoms with van der Waals surface area (Å²) in [4.78, 5) is 4.74. The van der Waals surface area contributed by atoms with Crippen molar-refractivity contribution in [3.63, 3.8) is 0 Å². The van der Waals surface area contributed by atoms with Gasteiger partial charge in [-0.05, 0) is 19.3 Å². The van der Waals surface area contributed by atoms with Gasteiger partial charge in [0.25, 0.3) is 0 Å². The Labute approximate surface area is 108 Å². The standard InChI is InChI=1S/C14H22N2S/c1-14(2,3)12-9-17-13(16-12)8-10-5-4-6-11(15)7-10/h7,9,11H,4-6,8,15H2,1-3H3. The molecule has 0 radical (unpaired) electrons. The van der Waals surface area contributed by atoms with E-state index in [2.05, 4.69) is 32.2 Å². The van der Waals surface area contributed by atoms with E-state index in [1.165, 1.54) is 29.1 Å². The molecule has 1 unspecified atom stereocenters. The lowest BCUT2D eigenvalue weighted by molar-refractivity contribution is 0.570. The van der Waals surface area contributed by atoms with Gasteiger partial charge in [0, 0.05) is 23.3 Å². The van der Waals surface area contributed by atoms with Crippen molar-refractivity contribution in [3.05, 3.63) is 27.7 Å². The number of nitrogens with zero attached hydrogens (tertiary/aromatic N) is 1. The van der Waals surface area contributed by atoms with E-state index >= 15 is 0 Å². The third-order valence-corrected chi connectivity index (χ3v) is 4.03. The Hall–Kier alpha value is -0.670. The molecule has 0 aromatic carbocycles. The van der Waals surface area contributed by atoms with E-state index in [4.69, 9.17) is 10.7 Å². The normalized spacial score (nSPS) is 21.4. The van der Waals surface area contributed by atoms with E-state index in [1.807, 2.05) is 0 Å². The van der Waals surface area contributed by atoms with Crippen molar-refractivity contribution >= 4 is 11.3 Å². The highest BCUT2D eigenvalue weighted by atomic mass is 32.1. The van der Waals surface area contributed by atoms with E-state index in [0.717, 1.165) is 12.8 Å². The average molecular weight is 250 g/mol. The maximum atomic E-state index is 5.96. The quantitative estimate of drug-likeness (QED) is 0.817. The molecule has 0 fully saturated rings. The lowest BCUT2D eigenvalue weighted by Crippen LogP contribution is -2.20. The number of aromatic nitrogens is 1. The van der Waals surface area contributed by atoms with E-state index in [0.29, 0.717) is 0 Å². The summed E-state index contributed by atoms with van der Waals surface area (Å²) >= 11 is 1.78. The van der Waals surface area contributed by atoms with Crippen molar-refractivity contribution in [1.82, 2.24) is 4.98 Å².